The van der Waals surface area contributed by atoms with Gasteiger partial charge in [-0.05, 0) is 36.3 Å². The van der Waals surface area contributed by atoms with Crippen molar-refractivity contribution in [2.75, 3.05) is 37.6 Å². The Bertz CT molecular complexity index is 624. The second-order valence-corrected chi connectivity index (χ2v) is 5.60. The molecule has 1 aliphatic heterocycles. The van der Waals surface area contributed by atoms with Gasteiger partial charge in [0.25, 0.3) is 0 Å². The highest BCUT2D eigenvalue weighted by atomic mass is 35.5. The zero-order chi connectivity index (χ0) is 14.1. The molecule has 1 aromatic heterocycles. The van der Waals surface area contributed by atoms with Gasteiger partial charge in [0.1, 0.15) is 5.15 Å². The summed E-state index contributed by atoms with van der Waals surface area (Å²) >= 11 is 12.0. The van der Waals surface area contributed by atoms with E-state index in [9.17, 15) is 0 Å². The average Bonchev–Trinajstić information content (AvgIpc) is 2.47. The van der Waals surface area contributed by atoms with Gasteiger partial charge in [0.05, 0.1) is 5.52 Å². The zero-order valence-corrected chi connectivity index (χ0v) is 12.8. The molecule has 0 aliphatic carbocycles. The number of anilines is 1. The number of hydrogen-bond donors (Lipinski definition) is 0. The van der Waals surface area contributed by atoms with Gasteiger partial charge in [-0.1, -0.05) is 18.5 Å². The number of rotatable bonds is 2. The summed E-state index contributed by atoms with van der Waals surface area (Å²) in [6.45, 7) is 7.58. The van der Waals surface area contributed by atoms with Crippen molar-refractivity contribution in [3.8, 4) is 0 Å². The van der Waals surface area contributed by atoms with E-state index in [0.717, 1.165) is 43.6 Å². The first-order chi connectivity index (χ1) is 9.67. The minimum absolute atomic E-state index is 0.187. The fourth-order valence-electron chi connectivity index (χ4n) is 2.57. The van der Waals surface area contributed by atoms with E-state index in [1.54, 1.807) is 0 Å². The molecule has 0 amide bonds. The maximum Gasteiger partial charge on any atom is 0.224 e. The second-order valence-electron chi connectivity index (χ2n) is 4.91. The van der Waals surface area contributed by atoms with Crippen molar-refractivity contribution < 1.29 is 0 Å². The van der Waals surface area contributed by atoms with E-state index in [0.29, 0.717) is 5.15 Å². The third-order valence-electron chi connectivity index (χ3n) is 3.79. The quantitative estimate of drug-likeness (QED) is 0.630. The van der Waals surface area contributed by atoms with Crippen LogP contribution in [-0.2, 0) is 0 Å². The van der Waals surface area contributed by atoms with Crippen LogP contribution in [0, 0.1) is 0 Å². The molecular formula is C14H16Cl2N4. The highest BCUT2D eigenvalue weighted by Crippen LogP contribution is 2.27. The summed E-state index contributed by atoms with van der Waals surface area (Å²) in [6.07, 6.45) is 0. The molecule has 0 N–H and O–H groups in total. The minimum Gasteiger partial charge on any atom is -0.369 e. The number of piperazine rings is 1. The van der Waals surface area contributed by atoms with Crippen LogP contribution in [0.4, 0.5) is 5.69 Å². The van der Waals surface area contributed by atoms with Crippen LogP contribution in [0.15, 0.2) is 18.2 Å². The average molecular weight is 311 g/mol. The van der Waals surface area contributed by atoms with Gasteiger partial charge in [0.2, 0.25) is 5.28 Å². The van der Waals surface area contributed by atoms with Crippen LogP contribution in [0.2, 0.25) is 10.4 Å². The highest BCUT2D eigenvalue weighted by Gasteiger charge is 2.16. The van der Waals surface area contributed by atoms with Gasteiger partial charge in [-0.3, -0.25) is 0 Å². The molecule has 2 aromatic rings. The van der Waals surface area contributed by atoms with Gasteiger partial charge in [0, 0.05) is 37.3 Å². The Labute approximate surface area is 128 Å². The van der Waals surface area contributed by atoms with Crippen molar-refractivity contribution >= 4 is 39.8 Å². The third-order valence-corrected chi connectivity index (χ3v) is 4.25. The van der Waals surface area contributed by atoms with Gasteiger partial charge in [0.15, 0.2) is 0 Å². The Kier molecular flexibility index (Phi) is 3.96. The molecule has 0 spiro atoms. The van der Waals surface area contributed by atoms with Gasteiger partial charge in [-0.2, -0.15) is 0 Å². The first kappa shape index (κ1) is 13.9. The first-order valence-electron chi connectivity index (χ1n) is 6.77. The topological polar surface area (TPSA) is 32.3 Å². The van der Waals surface area contributed by atoms with E-state index in [2.05, 4.69) is 38.8 Å². The maximum atomic E-state index is 6.16. The standard InChI is InChI=1S/C14H16Cl2N4/c1-2-19-5-7-20(8-6-19)10-3-4-12-11(9-10)13(15)18-14(16)17-12/h3-4,9H,2,5-8H2,1H3. The van der Waals surface area contributed by atoms with Crippen molar-refractivity contribution in [1.29, 1.82) is 0 Å². The van der Waals surface area contributed by atoms with Crippen LogP contribution in [0.25, 0.3) is 10.9 Å². The lowest BCUT2D eigenvalue weighted by Gasteiger charge is -2.35. The van der Waals surface area contributed by atoms with Crippen molar-refractivity contribution in [2.24, 2.45) is 0 Å². The molecule has 4 nitrogen and oxygen atoms in total. The molecule has 1 aromatic carbocycles. The van der Waals surface area contributed by atoms with Crippen LogP contribution in [0.1, 0.15) is 6.92 Å². The summed E-state index contributed by atoms with van der Waals surface area (Å²) in [7, 11) is 0. The minimum atomic E-state index is 0.187. The predicted molar refractivity (Wildman–Crippen MR) is 83.9 cm³/mol. The predicted octanol–water partition coefficient (Wildman–Crippen LogP) is 3.08. The normalized spacial score (nSPS) is 16.9. The molecule has 2 heterocycles. The SMILES string of the molecule is CCN1CCN(c2ccc3nc(Cl)nc(Cl)c3c2)CC1. The Morgan fingerprint density at radius 3 is 2.55 bits per heavy atom. The monoisotopic (exact) mass is 310 g/mol. The molecule has 1 fully saturated rings. The van der Waals surface area contributed by atoms with Crippen molar-refractivity contribution in [2.45, 2.75) is 6.92 Å². The molecule has 0 atom stereocenters. The zero-order valence-electron chi connectivity index (χ0n) is 11.3. The number of aromatic nitrogens is 2. The molecular weight excluding hydrogens is 295 g/mol. The molecule has 3 rings (SSSR count). The number of halogens is 2. The fraction of sp³-hybridized carbons (Fsp3) is 0.429. The molecule has 0 saturated carbocycles. The van der Waals surface area contributed by atoms with E-state index < -0.39 is 0 Å². The van der Waals surface area contributed by atoms with Crippen molar-refractivity contribution in [1.82, 2.24) is 14.9 Å². The number of nitrogens with zero attached hydrogens (tertiary/aromatic N) is 4. The van der Waals surface area contributed by atoms with Crippen LogP contribution < -0.4 is 4.90 Å². The number of fused-ring (bicyclic) bond motifs is 1. The van der Waals surface area contributed by atoms with E-state index >= 15 is 0 Å². The van der Waals surface area contributed by atoms with Crippen LogP contribution in [-0.4, -0.2) is 47.6 Å². The molecule has 6 heteroatoms. The first-order valence-corrected chi connectivity index (χ1v) is 7.53. The molecule has 1 aliphatic rings. The smallest absolute Gasteiger partial charge is 0.224 e. The molecule has 20 heavy (non-hydrogen) atoms. The molecule has 0 unspecified atom stereocenters. The molecule has 0 bridgehead atoms. The Balaban J connectivity index is 1.90. The lowest BCUT2D eigenvalue weighted by Crippen LogP contribution is -2.46. The largest absolute Gasteiger partial charge is 0.369 e. The molecule has 0 radical (unpaired) electrons. The summed E-state index contributed by atoms with van der Waals surface area (Å²) in [6, 6.07) is 6.08. The van der Waals surface area contributed by atoms with Crippen LogP contribution >= 0.6 is 23.2 Å². The molecule has 106 valence electrons. The summed E-state index contributed by atoms with van der Waals surface area (Å²) in [5.41, 5.74) is 1.95. The van der Waals surface area contributed by atoms with Gasteiger partial charge in [-0.25, -0.2) is 9.97 Å². The number of hydrogen-bond acceptors (Lipinski definition) is 4. The summed E-state index contributed by atoms with van der Waals surface area (Å²) in [5.74, 6) is 0. The van der Waals surface area contributed by atoms with Crippen LogP contribution in [0.5, 0.6) is 0 Å². The Morgan fingerprint density at radius 1 is 1.10 bits per heavy atom. The molecule has 1 saturated heterocycles. The lowest BCUT2D eigenvalue weighted by atomic mass is 10.2. The highest BCUT2D eigenvalue weighted by molar-refractivity contribution is 6.35. The van der Waals surface area contributed by atoms with Crippen LogP contribution in [0.3, 0.4) is 0 Å². The van der Waals surface area contributed by atoms with E-state index in [1.807, 2.05) is 6.07 Å². The number of likely N-dealkylation sites (N-methyl/N-ethyl adjacent to an activating group) is 1. The fourth-order valence-corrected chi connectivity index (χ4v) is 3.02. The maximum absolute atomic E-state index is 6.16. The van der Waals surface area contributed by atoms with Crippen molar-refractivity contribution in [3.05, 3.63) is 28.6 Å². The summed E-state index contributed by atoms with van der Waals surface area (Å²) < 4.78 is 0. The van der Waals surface area contributed by atoms with E-state index in [-0.39, 0.29) is 5.28 Å². The summed E-state index contributed by atoms with van der Waals surface area (Å²) in [5, 5.41) is 1.45. The van der Waals surface area contributed by atoms with E-state index in [4.69, 9.17) is 23.2 Å². The van der Waals surface area contributed by atoms with Gasteiger partial charge < -0.3 is 9.80 Å². The Hall–Kier alpha value is -1.10. The third kappa shape index (κ3) is 2.68. The number of benzene rings is 1. The second kappa shape index (κ2) is 5.72. The Morgan fingerprint density at radius 2 is 1.85 bits per heavy atom. The van der Waals surface area contributed by atoms with Gasteiger partial charge in [-0.15, -0.1) is 0 Å². The van der Waals surface area contributed by atoms with E-state index in [1.165, 1.54) is 5.69 Å². The lowest BCUT2D eigenvalue weighted by molar-refractivity contribution is 0.271. The summed E-state index contributed by atoms with van der Waals surface area (Å²) in [4.78, 5) is 13.0. The van der Waals surface area contributed by atoms with Gasteiger partial charge >= 0.3 is 0 Å². The van der Waals surface area contributed by atoms with Crippen molar-refractivity contribution in [3.63, 3.8) is 0 Å².